The number of benzene rings is 3. The Labute approximate surface area is 179 Å². The van der Waals surface area contributed by atoms with Crippen molar-refractivity contribution in [3.8, 4) is 23.3 Å². The van der Waals surface area contributed by atoms with E-state index in [0.29, 0.717) is 33.4 Å². The second-order valence-corrected chi connectivity index (χ2v) is 6.68. The van der Waals surface area contributed by atoms with E-state index in [4.69, 9.17) is 25.8 Å². The number of hydrogen-bond acceptors (Lipinski definition) is 5. The number of halogens is 1. The van der Waals surface area contributed by atoms with Crippen molar-refractivity contribution in [1.82, 2.24) is 0 Å². The van der Waals surface area contributed by atoms with Crippen LogP contribution >= 0.6 is 11.6 Å². The zero-order chi connectivity index (χ0) is 21.5. The van der Waals surface area contributed by atoms with Crippen molar-refractivity contribution in [2.24, 2.45) is 0 Å². The molecule has 0 aliphatic carbocycles. The SMILES string of the molecule is COc1cc(OC)cc(C(=O)Oc2cccc(/C=C(/C#N)c3ccc(Cl)cc3)c2)c1. The summed E-state index contributed by atoms with van der Waals surface area (Å²) in [6.07, 6.45) is 1.72. The normalized spacial score (nSPS) is 10.8. The van der Waals surface area contributed by atoms with E-state index in [2.05, 4.69) is 6.07 Å². The highest BCUT2D eigenvalue weighted by atomic mass is 35.5. The predicted molar refractivity (Wildman–Crippen MR) is 116 cm³/mol. The van der Waals surface area contributed by atoms with E-state index in [-0.39, 0.29) is 0 Å². The van der Waals surface area contributed by atoms with Gasteiger partial charge in [-0.05, 0) is 53.6 Å². The monoisotopic (exact) mass is 419 g/mol. The molecule has 0 N–H and O–H groups in total. The van der Waals surface area contributed by atoms with Crippen LogP contribution in [-0.2, 0) is 0 Å². The fourth-order valence-corrected chi connectivity index (χ4v) is 2.86. The lowest BCUT2D eigenvalue weighted by Gasteiger charge is -2.09. The summed E-state index contributed by atoms with van der Waals surface area (Å²) in [5.41, 5.74) is 2.22. The van der Waals surface area contributed by atoms with Crippen molar-refractivity contribution in [3.05, 3.63) is 88.4 Å². The summed E-state index contributed by atoms with van der Waals surface area (Å²) in [6.45, 7) is 0. The molecule has 0 aromatic heterocycles. The second-order valence-electron chi connectivity index (χ2n) is 6.24. The summed E-state index contributed by atoms with van der Waals surface area (Å²) >= 11 is 5.91. The van der Waals surface area contributed by atoms with Gasteiger partial charge in [0.15, 0.2) is 0 Å². The van der Waals surface area contributed by atoms with E-state index in [0.717, 1.165) is 11.1 Å². The van der Waals surface area contributed by atoms with Gasteiger partial charge >= 0.3 is 5.97 Å². The van der Waals surface area contributed by atoms with Crippen LogP contribution in [0.3, 0.4) is 0 Å². The molecule has 0 aliphatic rings. The number of carbonyl (C=O) groups excluding carboxylic acids is 1. The van der Waals surface area contributed by atoms with Crippen LogP contribution in [0.5, 0.6) is 17.2 Å². The highest BCUT2D eigenvalue weighted by Gasteiger charge is 2.13. The number of ether oxygens (including phenoxy) is 3. The minimum Gasteiger partial charge on any atom is -0.497 e. The van der Waals surface area contributed by atoms with Crippen LogP contribution in [0.15, 0.2) is 66.7 Å². The van der Waals surface area contributed by atoms with Crippen molar-refractivity contribution in [2.45, 2.75) is 0 Å². The highest BCUT2D eigenvalue weighted by Crippen LogP contribution is 2.25. The van der Waals surface area contributed by atoms with Gasteiger partial charge in [0.05, 0.1) is 31.4 Å². The Morgan fingerprint density at radius 3 is 2.17 bits per heavy atom. The number of methoxy groups -OCH3 is 2. The van der Waals surface area contributed by atoms with Crippen molar-refractivity contribution >= 4 is 29.2 Å². The molecule has 0 saturated carbocycles. The first-order valence-electron chi connectivity index (χ1n) is 8.95. The maximum absolute atomic E-state index is 12.6. The lowest BCUT2D eigenvalue weighted by molar-refractivity contribution is 0.0734. The van der Waals surface area contributed by atoms with Crippen LogP contribution in [-0.4, -0.2) is 20.2 Å². The summed E-state index contributed by atoms with van der Waals surface area (Å²) in [7, 11) is 3.01. The fourth-order valence-electron chi connectivity index (χ4n) is 2.74. The summed E-state index contributed by atoms with van der Waals surface area (Å²) < 4.78 is 15.9. The molecule has 0 atom stereocenters. The standard InChI is InChI=1S/C24H18ClNO4/c1-28-22-12-18(13-23(14-22)29-2)24(27)30-21-5-3-4-16(11-21)10-19(15-26)17-6-8-20(25)9-7-17/h3-14H,1-2H3/b19-10-. The van der Waals surface area contributed by atoms with E-state index in [1.165, 1.54) is 14.2 Å². The van der Waals surface area contributed by atoms with Crippen molar-refractivity contribution in [2.75, 3.05) is 14.2 Å². The lowest BCUT2D eigenvalue weighted by Crippen LogP contribution is -2.09. The maximum atomic E-state index is 12.6. The molecular weight excluding hydrogens is 402 g/mol. The Bertz CT molecular complexity index is 1110. The minimum atomic E-state index is -0.550. The van der Waals surface area contributed by atoms with Crippen molar-refractivity contribution < 1.29 is 19.0 Å². The van der Waals surface area contributed by atoms with Gasteiger partial charge in [0.2, 0.25) is 0 Å². The minimum absolute atomic E-state index is 0.297. The second kappa shape index (κ2) is 9.64. The number of nitrogens with zero attached hydrogens (tertiary/aromatic N) is 1. The van der Waals surface area contributed by atoms with Gasteiger partial charge in [-0.3, -0.25) is 0 Å². The molecule has 6 heteroatoms. The van der Waals surface area contributed by atoms with Gasteiger partial charge in [0, 0.05) is 11.1 Å². The maximum Gasteiger partial charge on any atom is 0.343 e. The van der Waals surface area contributed by atoms with Gasteiger partial charge in [-0.2, -0.15) is 5.26 Å². The van der Waals surface area contributed by atoms with Crippen molar-refractivity contribution in [3.63, 3.8) is 0 Å². The van der Waals surface area contributed by atoms with Crippen LogP contribution in [0.1, 0.15) is 21.5 Å². The largest absolute Gasteiger partial charge is 0.497 e. The molecule has 0 unspecified atom stereocenters. The third-order valence-corrected chi connectivity index (χ3v) is 4.49. The number of nitriles is 1. The molecule has 150 valence electrons. The average Bonchev–Trinajstić information content (AvgIpc) is 2.78. The topological polar surface area (TPSA) is 68.6 Å². The Hall–Kier alpha value is -3.75. The Morgan fingerprint density at radius 1 is 0.900 bits per heavy atom. The summed E-state index contributed by atoms with van der Waals surface area (Å²) in [4.78, 5) is 12.6. The van der Waals surface area contributed by atoms with Gasteiger partial charge in [-0.25, -0.2) is 4.79 Å². The van der Waals surface area contributed by atoms with Crippen LogP contribution in [0.4, 0.5) is 0 Å². The van der Waals surface area contributed by atoms with E-state index in [1.807, 2.05) is 6.07 Å². The number of carbonyl (C=O) groups is 1. The molecule has 0 amide bonds. The molecule has 0 radical (unpaired) electrons. The molecule has 3 rings (SSSR count). The van der Waals surface area contributed by atoms with E-state index < -0.39 is 5.97 Å². The first-order valence-corrected chi connectivity index (χ1v) is 9.33. The quantitative estimate of drug-likeness (QED) is 0.224. The molecule has 0 fully saturated rings. The lowest BCUT2D eigenvalue weighted by atomic mass is 10.0. The molecule has 0 saturated heterocycles. The Kier molecular flexibility index (Phi) is 6.74. The molecule has 0 heterocycles. The van der Waals surface area contributed by atoms with Gasteiger partial charge in [0.1, 0.15) is 17.2 Å². The number of rotatable bonds is 6. The molecule has 3 aromatic carbocycles. The summed E-state index contributed by atoms with van der Waals surface area (Å²) in [6, 6.07) is 20.9. The van der Waals surface area contributed by atoms with Crippen LogP contribution < -0.4 is 14.2 Å². The van der Waals surface area contributed by atoms with Gasteiger partial charge in [0.25, 0.3) is 0 Å². The Balaban J connectivity index is 1.84. The van der Waals surface area contributed by atoms with E-state index in [9.17, 15) is 10.1 Å². The molecule has 0 aliphatic heterocycles. The number of allylic oxidation sites excluding steroid dienone is 1. The van der Waals surface area contributed by atoms with Gasteiger partial charge in [-0.1, -0.05) is 35.9 Å². The van der Waals surface area contributed by atoms with Crippen LogP contribution in [0.25, 0.3) is 11.6 Å². The predicted octanol–water partition coefficient (Wildman–Crippen LogP) is 5.64. The van der Waals surface area contributed by atoms with E-state index >= 15 is 0 Å². The first-order chi connectivity index (χ1) is 14.5. The number of hydrogen-bond donors (Lipinski definition) is 0. The smallest absolute Gasteiger partial charge is 0.343 e. The zero-order valence-corrected chi connectivity index (χ0v) is 17.1. The molecule has 0 bridgehead atoms. The highest BCUT2D eigenvalue weighted by molar-refractivity contribution is 6.30. The fraction of sp³-hybridized carbons (Fsp3) is 0.0833. The molecular formula is C24H18ClNO4. The molecule has 30 heavy (non-hydrogen) atoms. The third kappa shape index (κ3) is 5.19. The zero-order valence-electron chi connectivity index (χ0n) is 16.4. The van der Waals surface area contributed by atoms with Crippen molar-refractivity contribution in [1.29, 1.82) is 5.26 Å². The summed E-state index contributed by atoms with van der Waals surface area (Å²) in [5, 5.41) is 10.1. The molecule has 5 nitrogen and oxygen atoms in total. The third-order valence-electron chi connectivity index (χ3n) is 4.24. The van der Waals surface area contributed by atoms with Crippen LogP contribution in [0.2, 0.25) is 5.02 Å². The Morgan fingerprint density at radius 2 is 1.57 bits per heavy atom. The molecule has 3 aromatic rings. The molecule has 0 spiro atoms. The van der Waals surface area contributed by atoms with Gasteiger partial charge in [-0.15, -0.1) is 0 Å². The van der Waals surface area contributed by atoms with E-state index in [1.54, 1.807) is 66.7 Å². The first kappa shape index (κ1) is 21.0. The van der Waals surface area contributed by atoms with Gasteiger partial charge < -0.3 is 14.2 Å². The summed E-state index contributed by atoms with van der Waals surface area (Å²) in [5.74, 6) is 0.773. The number of esters is 1. The average molecular weight is 420 g/mol. The van der Waals surface area contributed by atoms with Crippen LogP contribution in [0, 0.1) is 11.3 Å².